The molecule has 2 rings (SSSR count). The highest BCUT2D eigenvalue weighted by molar-refractivity contribution is 5.85. The number of hydrogen-bond donors (Lipinski definition) is 2. The monoisotopic (exact) mass is 350 g/mol. The van der Waals surface area contributed by atoms with Crippen LogP contribution < -0.4 is 20.5 Å². The van der Waals surface area contributed by atoms with Gasteiger partial charge in [-0.05, 0) is 36.8 Å². The van der Waals surface area contributed by atoms with E-state index >= 15 is 0 Å². The van der Waals surface area contributed by atoms with Gasteiger partial charge in [0.1, 0.15) is 18.1 Å². The van der Waals surface area contributed by atoms with E-state index in [-0.39, 0.29) is 31.0 Å². The van der Waals surface area contributed by atoms with Crippen LogP contribution in [0.4, 0.5) is 0 Å². The standard InChI is InChI=1S/C18H22N2O3.ClH/c1-14(11-19)20-18(21)13-23-17-9-7-16(8-10-17)22-12-15-5-3-2-4-6-15;/h2-10,14H,11-13,19H2,1H3,(H,20,21);1H/t14-;/m0./s1. The van der Waals surface area contributed by atoms with E-state index in [1.807, 2.05) is 49.4 Å². The fraction of sp³-hybridized carbons (Fsp3) is 0.278. The third-order valence-corrected chi connectivity index (χ3v) is 3.20. The van der Waals surface area contributed by atoms with Crippen molar-refractivity contribution in [3.05, 3.63) is 60.2 Å². The summed E-state index contributed by atoms with van der Waals surface area (Å²) in [5.41, 5.74) is 6.56. The Morgan fingerprint density at radius 3 is 2.21 bits per heavy atom. The highest BCUT2D eigenvalue weighted by atomic mass is 35.5. The lowest BCUT2D eigenvalue weighted by Gasteiger charge is -2.12. The summed E-state index contributed by atoms with van der Waals surface area (Å²) >= 11 is 0. The predicted octanol–water partition coefficient (Wildman–Crippen LogP) is 2.53. The van der Waals surface area contributed by atoms with Gasteiger partial charge in [0.05, 0.1) is 0 Å². The van der Waals surface area contributed by atoms with E-state index in [0.29, 0.717) is 18.9 Å². The molecule has 0 aliphatic rings. The van der Waals surface area contributed by atoms with Gasteiger partial charge in [-0.15, -0.1) is 12.4 Å². The van der Waals surface area contributed by atoms with Gasteiger partial charge in [-0.3, -0.25) is 4.79 Å². The molecule has 5 nitrogen and oxygen atoms in total. The summed E-state index contributed by atoms with van der Waals surface area (Å²) < 4.78 is 11.1. The zero-order valence-corrected chi connectivity index (χ0v) is 14.4. The van der Waals surface area contributed by atoms with Gasteiger partial charge in [0.25, 0.3) is 5.91 Å². The Labute approximate surface area is 148 Å². The summed E-state index contributed by atoms with van der Waals surface area (Å²) in [5.74, 6) is 1.18. The van der Waals surface area contributed by atoms with Gasteiger partial charge in [0.2, 0.25) is 0 Å². The lowest BCUT2D eigenvalue weighted by Crippen LogP contribution is -2.40. The molecule has 1 amide bonds. The zero-order valence-electron chi connectivity index (χ0n) is 13.6. The summed E-state index contributed by atoms with van der Waals surface area (Å²) in [4.78, 5) is 11.6. The molecule has 0 saturated carbocycles. The molecule has 0 radical (unpaired) electrons. The van der Waals surface area contributed by atoms with E-state index in [9.17, 15) is 4.79 Å². The van der Waals surface area contributed by atoms with Crippen molar-refractivity contribution in [1.82, 2.24) is 5.32 Å². The van der Waals surface area contributed by atoms with Crippen molar-refractivity contribution in [2.75, 3.05) is 13.2 Å². The van der Waals surface area contributed by atoms with Crippen LogP contribution in [0.3, 0.4) is 0 Å². The van der Waals surface area contributed by atoms with Crippen LogP contribution in [0.5, 0.6) is 11.5 Å². The average Bonchev–Trinajstić information content (AvgIpc) is 2.60. The van der Waals surface area contributed by atoms with E-state index in [2.05, 4.69) is 5.32 Å². The number of ether oxygens (including phenoxy) is 2. The van der Waals surface area contributed by atoms with Crippen molar-refractivity contribution < 1.29 is 14.3 Å². The number of nitrogens with two attached hydrogens (primary N) is 1. The Bertz CT molecular complexity index is 605. The first-order valence-electron chi connectivity index (χ1n) is 7.56. The maximum absolute atomic E-state index is 11.6. The number of halogens is 1. The largest absolute Gasteiger partial charge is 0.489 e. The number of amides is 1. The predicted molar refractivity (Wildman–Crippen MR) is 96.6 cm³/mol. The molecule has 130 valence electrons. The first-order valence-corrected chi connectivity index (χ1v) is 7.56. The first-order chi connectivity index (χ1) is 11.2. The Morgan fingerprint density at radius 2 is 1.62 bits per heavy atom. The van der Waals surface area contributed by atoms with Gasteiger partial charge in [0, 0.05) is 12.6 Å². The van der Waals surface area contributed by atoms with Gasteiger partial charge in [-0.1, -0.05) is 30.3 Å². The molecule has 0 bridgehead atoms. The first kappa shape index (κ1) is 19.8. The summed E-state index contributed by atoms with van der Waals surface area (Å²) in [5, 5.41) is 2.74. The van der Waals surface area contributed by atoms with Crippen LogP contribution >= 0.6 is 12.4 Å². The van der Waals surface area contributed by atoms with Crippen LogP contribution in [-0.4, -0.2) is 25.1 Å². The third kappa shape index (κ3) is 6.89. The van der Waals surface area contributed by atoms with Crippen LogP contribution in [0.1, 0.15) is 12.5 Å². The van der Waals surface area contributed by atoms with Crippen molar-refractivity contribution >= 4 is 18.3 Å². The van der Waals surface area contributed by atoms with Crippen molar-refractivity contribution in [3.8, 4) is 11.5 Å². The number of benzene rings is 2. The van der Waals surface area contributed by atoms with Gasteiger partial charge in [-0.25, -0.2) is 0 Å². The van der Waals surface area contributed by atoms with E-state index in [1.165, 1.54) is 0 Å². The van der Waals surface area contributed by atoms with E-state index in [1.54, 1.807) is 12.1 Å². The number of hydrogen-bond acceptors (Lipinski definition) is 4. The van der Waals surface area contributed by atoms with E-state index < -0.39 is 0 Å². The normalized spacial score (nSPS) is 11.1. The Kier molecular flexibility index (Phi) is 8.68. The van der Waals surface area contributed by atoms with Gasteiger partial charge in [0.15, 0.2) is 6.61 Å². The molecule has 0 saturated heterocycles. The molecule has 24 heavy (non-hydrogen) atoms. The summed E-state index contributed by atoms with van der Waals surface area (Å²) in [6.45, 7) is 2.73. The molecule has 0 heterocycles. The Balaban J connectivity index is 0.00000288. The van der Waals surface area contributed by atoms with E-state index in [4.69, 9.17) is 15.2 Å². The van der Waals surface area contributed by atoms with Crippen molar-refractivity contribution in [1.29, 1.82) is 0 Å². The second-order valence-corrected chi connectivity index (χ2v) is 5.24. The highest BCUT2D eigenvalue weighted by Crippen LogP contribution is 2.18. The number of carbonyl (C=O) groups is 1. The number of rotatable bonds is 8. The molecule has 3 N–H and O–H groups in total. The minimum Gasteiger partial charge on any atom is -0.489 e. The van der Waals surface area contributed by atoms with Gasteiger partial charge in [-0.2, -0.15) is 0 Å². The third-order valence-electron chi connectivity index (χ3n) is 3.20. The average molecular weight is 351 g/mol. The summed E-state index contributed by atoms with van der Waals surface area (Å²) in [6, 6.07) is 17.1. The molecule has 2 aromatic carbocycles. The van der Waals surface area contributed by atoms with Gasteiger partial charge >= 0.3 is 0 Å². The van der Waals surface area contributed by atoms with Crippen LogP contribution in [0, 0.1) is 0 Å². The van der Waals surface area contributed by atoms with Crippen LogP contribution in [0.2, 0.25) is 0 Å². The molecule has 0 fully saturated rings. The summed E-state index contributed by atoms with van der Waals surface area (Å²) in [6.07, 6.45) is 0. The number of nitrogens with one attached hydrogen (secondary N) is 1. The molecule has 0 aromatic heterocycles. The zero-order chi connectivity index (χ0) is 16.5. The quantitative estimate of drug-likeness (QED) is 0.767. The minimum atomic E-state index is -0.188. The molecule has 0 spiro atoms. The van der Waals surface area contributed by atoms with Crippen molar-refractivity contribution in [2.24, 2.45) is 5.73 Å². The van der Waals surface area contributed by atoms with Crippen molar-refractivity contribution in [3.63, 3.8) is 0 Å². The van der Waals surface area contributed by atoms with Gasteiger partial charge < -0.3 is 20.5 Å². The SMILES string of the molecule is C[C@@H](CN)NC(=O)COc1ccc(OCc2ccccc2)cc1.Cl. The van der Waals surface area contributed by atoms with Crippen LogP contribution in [0.15, 0.2) is 54.6 Å². The second kappa shape index (κ2) is 10.5. The van der Waals surface area contributed by atoms with Crippen LogP contribution in [0.25, 0.3) is 0 Å². The minimum absolute atomic E-state index is 0. The highest BCUT2D eigenvalue weighted by Gasteiger charge is 2.06. The molecule has 1 atom stereocenters. The molecule has 0 unspecified atom stereocenters. The number of carbonyl (C=O) groups excluding carboxylic acids is 1. The maximum atomic E-state index is 11.6. The Morgan fingerprint density at radius 1 is 1.04 bits per heavy atom. The fourth-order valence-corrected chi connectivity index (χ4v) is 1.90. The molecular formula is C18H23ClN2O3. The van der Waals surface area contributed by atoms with Crippen LogP contribution in [-0.2, 0) is 11.4 Å². The molecule has 0 aliphatic heterocycles. The maximum Gasteiger partial charge on any atom is 0.258 e. The Hall–Kier alpha value is -2.24. The fourth-order valence-electron chi connectivity index (χ4n) is 1.90. The second-order valence-electron chi connectivity index (χ2n) is 5.24. The molecular weight excluding hydrogens is 328 g/mol. The molecule has 2 aromatic rings. The lowest BCUT2D eigenvalue weighted by atomic mass is 10.2. The summed E-state index contributed by atoms with van der Waals surface area (Å²) in [7, 11) is 0. The lowest BCUT2D eigenvalue weighted by molar-refractivity contribution is -0.123. The van der Waals surface area contributed by atoms with E-state index in [0.717, 1.165) is 11.3 Å². The smallest absolute Gasteiger partial charge is 0.258 e. The molecule has 0 aliphatic carbocycles. The topological polar surface area (TPSA) is 73.6 Å². The molecule has 6 heteroatoms. The van der Waals surface area contributed by atoms with Crippen molar-refractivity contribution in [2.45, 2.75) is 19.6 Å².